The van der Waals surface area contributed by atoms with Crippen LogP contribution in [0.25, 0.3) is 0 Å². The van der Waals surface area contributed by atoms with Gasteiger partial charge in [-0.15, -0.1) is 0 Å². The van der Waals surface area contributed by atoms with E-state index in [0.717, 1.165) is 25.9 Å². The summed E-state index contributed by atoms with van der Waals surface area (Å²) in [6.45, 7) is 2.64. The van der Waals surface area contributed by atoms with Crippen molar-refractivity contribution in [1.29, 1.82) is 5.26 Å². The van der Waals surface area contributed by atoms with Gasteiger partial charge in [-0.3, -0.25) is 9.69 Å². The van der Waals surface area contributed by atoms with Gasteiger partial charge >= 0.3 is 5.97 Å². The van der Waals surface area contributed by atoms with Crippen molar-refractivity contribution < 1.29 is 9.53 Å². The van der Waals surface area contributed by atoms with Gasteiger partial charge in [-0.2, -0.15) is 5.26 Å². The molecule has 0 radical (unpaired) electrons. The molecular weight excluding hydrogens is 168 g/mol. The number of carbonyl (C=O) groups excluding carboxylic acids is 1. The highest BCUT2D eigenvalue weighted by Gasteiger charge is 2.14. The van der Waals surface area contributed by atoms with Crippen LogP contribution in [0, 0.1) is 11.3 Å². The summed E-state index contributed by atoms with van der Waals surface area (Å²) < 4.78 is 4.89. The van der Waals surface area contributed by atoms with Crippen LogP contribution >= 0.6 is 0 Å². The van der Waals surface area contributed by atoms with Crippen LogP contribution in [-0.2, 0) is 9.53 Å². The number of ether oxygens (including phenoxy) is 1. The molecule has 0 amide bonds. The van der Waals surface area contributed by atoms with E-state index < -0.39 is 0 Å². The second-order valence-electron chi connectivity index (χ2n) is 3.11. The number of unbranched alkanes of at least 4 members (excludes halogenated alkanes) is 1. The van der Waals surface area contributed by atoms with E-state index in [2.05, 4.69) is 6.07 Å². The van der Waals surface area contributed by atoms with Gasteiger partial charge in [-0.1, -0.05) is 0 Å². The number of nitrogens with zero attached hydrogens (tertiary/aromatic N) is 2. The first-order valence-corrected chi connectivity index (χ1v) is 4.58. The molecule has 0 spiro atoms. The summed E-state index contributed by atoms with van der Waals surface area (Å²) in [7, 11) is 0. The molecule has 1 saturated heterocycles. The molecule has 0 aromatic rings. The Morgan fingerprint density at radius 1 is 1.62 bits per heavy atom. The van der Waals surface area contributed by atoms with E-state index in [9.17, 15) is 4.79 Å². The van der Waals surface area contributed by atoms with Crippen molar-refractivity contribution in [1.82, 2.24) is 4.90 Å². The fourth-order valence-electron chi connectivity index (χ4n) is 1.35. The van der Waals surface area contributed by atoms with Crippen molar-refractivity contribution in [3.8, 4) is 6.07 Å². The Labute approximate surface area is 78.1 Å². The lowest BCUT2D eigenvalue weighted by Crippen LogP contribution is -2.29. The Kier molecular flexibility index (Phi) is 4.27. The smallest absolute Gasteiger partial charge is 0.320 e. The quantitative estimate of drug-likeness (QED) is 0.472. The predicted octanol–water partition coefficient (Wildman–Crippen LogP) is 0.539. The molecule has 0 unspecified atom stereocenters. The minimum Gasteiger partial charge on any atom is -0.465 e. The third-order valence-electron chi connectivity index (χ3n) is 2.00. The molecule has 0 bridgehead atoms. The molecule has 0 saturated carbocycles. The number of rotatable bonds is 3. The largest absolute Gasteiger partial charge is 0.465 e. The maximum absolute atomic E-state index is 11.0. The van der Waals surface area contributed by atoms with Crippen LogP contribution in [0.15, 0.2) is 0 Å². The summed E-state index contributed by atoms with van der Waals surface area (Å²) in [5.74, 6) is -0.144. The van der Waals surface area contributed by atoms with Gasteiger partial charge < -0.3 is 4.74 Å². The minimum atomic E-state index is -0.144. The molecule has 13 heavy (non-hydrogen) atoms. The summed E-state index contributed by atoms with van der Waals surface area (Å²) in [5.41, 5.74) is 0. The fourth-order valence-corrected chi connectivity index (χ4v) is 1.35. The maximum atomic E-state index is 11.0. The minimum absolute atomic E-state index is 0.144. The second-order valence-corrected chi connectivity index (χ2v) is 3.11. The normalized spacial score (nSPS) is 18.8. The van der Waals surface area contributed by atoms with Crippen molar-refractivity contribution in [3.63, 3.8) is 0 Å². The molecule has 1 aliphatic rings. The van der Waals surface area contributed by atoms with Crippen LogP contribution in [0.5, 0.6) is 0 Å². The van der Waals surface area contributed by atoms with Gasteiger partial charge in [0, 0.05) is 13.0 Å². The average Bonchev–Trinajstić information content (AvgIpc) is 2.31. The summed E-state index contributed by atoms with van der Waals surface area (Å²) >= 11 is 0. The lowest BCUT2D eigenvalue weighted by molar-refractivity contribution is -0.142. The topological polar surface area (TPSA) is 53.3 Å². The first-order valence-electron chi connectivity index (χ1n) is 4.58. The Morgan fingerprint density at radius 2 is 2.46 bits per heavy atom. The molecule has 72 valence electrons. The third-order valence-corrected chi connectivity index (χ3v) is 2.00. The summed E-state index contributed by atoms with van der Waals surface area (Å²) in [5, 5.41) is 8.34. The fraction of sp³-hybridized carbons (Fsp3) is 0.778. The van der Waals surface area contributed by atoms with E-state index in [1.54, 1.807) is 0 Å². The van der Waals surface area contributed by atoms with E-state index in [0.29, 0.717) is 19.6 Å². The first kappa shape index (κ1) is 10.0. The molecule has 4 nitrogen and oxygen atoms in total. The average molecular weight is 182 g/mol. The predicted molar refractivity (Wildman–Crippen MR) is 46.9 cm³/mol. The molecule has 1 heterocycles. The van der Waals surface area contributed by atoms with Crippen molar-refractivity contribution in [2.24, 2.45) is 0 Å². The standard InChI is InChI=1S/C9H14N2O2/c10-4-1-2-5-11-6-3-7-13-9(12)8-11/h1-3,5-8H2. The van der Waals surface area contributed by atoms with Crippen LogP contribution < -0.4 is 0 Å². The lowest BCUT2D eigenvalue weighted by Gasteiger charge is -2.16. The molecule has 0 aromatic carbocycles. The van der Waals surface area contributed by atoms with E-state index >= 15 is 0 Å². The van der Waals surface area contributed by atoms with Gasteiger partial charge in [0.1, 0.15) is 0 Å². The zero-order valence-corrected chi connectivity index (χ0v) is 7.66. The van der Waals surface area contributed by atoms with Gasteiger partial charge in [0.05, 0.1) is 19.2 Å². The Hall–Kier alpha value is -1.08. The van der Waals surface area contributed by atoms with Gasteiger partial charge in [0.2, 0.25) is 0 Å². The molecule has 0 atom stereocenters. The van der Waals surface area contributed by atoms with Crippen LogP contribution in [-0.4, -0.2) is 37.1 Å². The Morgan fingerprint density at radius 3 is 3.23 bits per heavy atom. The summed E-state index contributed by atoms with van der Waals surface area (Å²) in [6.07, 6.45) is 2.30. The van der Waals surface area contributed by atoms with Crippen LogP contribution in [0.2, 0.25) is 0 Å². The lowest BCUT2D eigenvalue weighted by atomic mass is 10.3. The Balaban J connectivity index is 2.23. The molecule has 0 N–H and O–H groups in total. The third kappa shape index (κ3) is 3.90. The van der Waals surface area contributed by atoms with E-state index in [1.807, 2.05) is 4.90 Å². The summed E-state index contributed by atoms with van der Waals surface area (Å²) in [6, 6.07) is 2.09. The van der Waals surface area contributed by atoms with Crippen LogP contribution in [0.4, 0.5) is 0 Å². The highest BCUT2D eigenvalue weighted by Crippen LogP contribution is 2.01. The monoisotopic (exact) mass is 182 g/mol. The zero-order chi connectivity index (χ0) is 9.52. The number of nitriles is 1. The SMILES string of the molecule is N#CCCCN1CCCOC(=O)C1. The molecule has 1 fully saturated rings. The van der Waals surface area contributed by atoms with Crippen molar-refractivity contribution in [2.45, 2.75) is 19.3 Å². The first-order chi connectivity index (χ1) is 6.33. The van der Waals surface area contributed by atoms with Crippen LogP contribution in [0.1, 0.15) is 19.3 Å². The van der Waals surface area contributed by atoms with Gasteiger partial charge in [-0.05, 0) is 19.4 Å². The van der Waals surface area contributed by atoms with E-state index in [-0.39, 0.29) is 5.97 Å². The van der Waals surface area contributed by atoms with Crippen LogP contribution in [0.3, 0.4) is 0 Å². The number of hydrogen-bond donors (Lipinski definition) is 0. The van der Waals surface area contributed by atoms with Gasteiger partial charge in [-0.25, -0.2) is 0 Å². The molecule has 0 aromatic heterocycles. The Bertz CT molecular complexity index is 210. The maximum Gasteiger partial charge on any atom is 0.320 e. The van der Waals surface area contributed by atoms with E-state index in [4.69, 9.17) is 10.00 Å². The highest BCUT2D eigenvalue weighted by atomic mass is 16.5. The summed E-state index contributed by atoms with van der Waals surface area (Å²) in [4.78, 5) is 13.0. The number of esters is 1. The number of carbonyl (C=O) groups is 1. The van der Waals surface area contributed by atoms with Crippen molar-refractivity contribution in [3.05, 3.63) is 0 Å². The molecule has 4 heteroatoms. The van der Waals surface area contributed by atoms with Gasteiger partial charge in [0.15, 0.2) is 0 Å². The molecule has 1 rings (SSSR count). The van der Waals surface area contributed by atoms with Crippen molar-refractivity contribution in [2.75, 3.05) is 26.2 Å². The number of hydrogen-bond acceptors (Lipinski definition) is 4. The highest BCUT2D eigenvalue weighted by molar-refractivity contribution is 5.71. The molecule has 1 aliphatic heterocycles. The molecule has 0 aliphatic carbocycles. The number of cyclic esters (lactones) is 1. The van der Waals surface area contributed by atoms with Gasteiger partial charge in [0.25, 0.3) is 0 Å². The van der Waals surface area contributed by atoms with E-state index in [1.165, 1.54) is 0 Å². The zero-order valence-electron chi connectivity index (χ0n) is 7.66. The van der Waals surface area contributed by atoms with Crippen molar-refractivity contribution >= 4 is 5.97 Å². The second kappa shape index (κ2) is 5.55. The molecular formula is C9H14N2O2.